The first kappa shape index (κ1) is 43.0. The van der Waals surface area contributed by atoms with Gasteiger partial charge in [0.2, 0.25) is 0 Å². The zero-order chi connectivity index (χ0) is 14.9. The van der Waals surface area contributed by atoms with Crippen molar-refractivity contribution in [2.24, 2.45) is 11.5 Å². The monoisotopic (exact) mass is 358 g/mol. The Morgan fingerprint density at radius 3 is 0.870 bits per heavy atom. The molecule has 0 aromatic carbocycles. The zero-order valence-corrected chi connectivity index (χ0v) is 13.1. The molecule has 136 valence electrons. The molecule has 0 unspecified atom stereocenters. The van der Waals surface area contributed by atoms with E-state index in [4.69, 9.17) is 11.5 Å². The molecule has 0 heterocycles. The Balaban J connectivity index is -0.0000000366. The maximum absolute atomic E-state index is 9.71. The zero-order valence-electron chi connectivity index (χ0n) is 11.7. The van der Waals surface area contributed by atoms with Gasteiger partial charge in [0.25, 0.3) is 0 Å². The molecule has 0 aromatic heterocycles. The summed E-state index contributed by atoms with van der Waals surface area (Å²) in [5.74, 6) is -6.16. The third-order valence-corrected chi connectivity index (χ3v) is 1.38. The van der Waals surface area contributed by atoms with Gasteiger partial charge in [0, 0.05) is 36.9 Å². The summed E-state index contributed by atoms with van der Waals surface area (Å²) < 4.78 is 0. The van der Waals surface area contributed by atoms with Crippen LogP contribution in [0.5, 0.6) is 0 Å². The number of rotatable bonds is 6. The molecule has 0 bridgehead atoms. The van der Waals surface area contributed by atoms with Crippen LogP contribution in [0.4, 0.5) is 0 Å². The van der Waals surface area contributed by atoms with Crippen molar-refractivity contribution in [2.75, 3.05) is 0 Å². The molecule has 0 saturated carbocycles. The van der Waals surface area contributed by atoms with Crippen molar-refractivity contribution >= 4 is 46.9 Å². The molecule has 0 aromatic rings. The van der Waals surface area contributed by atoms with Gasteiger partial charge in [0.15, 0.2) is 0 Å². The van der Waals surface area contributed by atoms with Gasteiger partial charge in [-0.05, 0) is 0 Å². The summed E-state index contributed by atoms with van der Waals surface area (Å²) in [6, 6.07) is -2.93. The molecule has 0 radical (unpaired) electrons. The Morgan fingerprint density at radius 1 is 0.652 bits per heavy atom. The molecule has 0 aliphatic carbocycles. The molecule has 14 nitrogen and oxygen atoms in total. The molecule has 0 aliphatic heterocycles. The Morgan fingerprint density at radius 2 is 0.826 bits per heavy atom. The van der Waals surface area contributed by atoms with E-state index >= 15 is 0 Å². The normalized spacial score (nSPS) is 9.83. The fourth-order valence-corrected chi connectivity index (χ4v) is 0.526. The van der Waals surface area contributed by atoms with Crippen LogP contribution >= 0.6 is 0 Å². The van der Waals surface area contributed by atoms with Gasteiger partial charge in [-0.1, -0.05) is 0 Å². The first-order valence-electron chi connectivity index (χ1n) is 4.40. The van der Waals surface area contributed by atoms with Gasteiger partial charge in [0.05, 0.1) is 11.9 Å². The van der Waals surface area contributed by atoms with Crippen LogP contribution in [0.3, 0.4) is 0 Å². The van der Waals surface area contributed by atoms with E-state index < -0.39 is 48.8 Å². The van der Waals surface area contributed by atoms with E-state index in [1.807, 2.05) is 0 Å². The maximum atomic E-state index is 9.71. The topological polar surface area (TPSA) is 339 Å². The van der Waals surface area contributed by atoms with Crippen LogP contribution in [-0.2, 0) is 19.2 Å². The minimum atomic E-state index is -1.58. The maximum Gasteiger partial charge on any atom is 2.00 e. The molecular formula is C8H18MgN2O12-2. The number of carboxylic acids is 4. The van der Waals surface area contributed by atoms with Crippen molar-refractivity contribution in [3.05, 3.63) is 0 Å². The fourth-order valence-electron chi connectivity index (χ4n) is 0.526. The van der Waals surface area contributed by atoms with Crippen LogP contribution in [-0.4, -0.2) is 80.9 Å². The summed E-state index contributed by atoms with van der Waals surface area (Å²) in [4.78, 5) is 38.7. The van der Waals surface area contributed by atoms with E-state index in [2.05, 4.69) is 0 Å². The molecule has 23 heavy (non-hydrogen) atoms. The second-order valence-electron chi connectivity index (χ2n) is 3.00. The largest absolute Gasteiger partial charge is 2.00 e. The van der Waals surface area contributed by atoms with Crippen LogP contribution in [0.1, 0.15) is 12.8 Å². The molecule has 12 N–H and O–H groups in total. The molecule has 0 saturated heterocycles. The number of carbonyl (C=O) groups is 4. The predicted octanol–water partition coefficient (Wildman–Crippen LogP) is -11.3. The summed E-state index contributed by atoms with van der Waals surface area (Å²) in [6.45, 7) is 0. The molecule has 2 atom stereocenters. The quantitative estimate of drug-likeness (QED) is 0.421. The van der Waals surface area contributed by atoms with E-state index in [9.17, 15) is 39.6 Å². The van der Waals surface area contributed by atoms with Gasteiger partial charge in [-0.2, -0.15) is 0 Å². The van der Waals surface area contributed by atoms with E-state index in [0.717, 1.165) is 0 Å². The van der Waals surface area contributed by atoms with E-state index in [1.165, 1.54) is 0 Å². The molecule has 0 rings (SSSR count). The Kier molecular flexibility index (Phi) is 42.4. The first-order valence-corrected chi connectivity index (χ1v) is 4.40. The van der Waals surface area contributed by atoms with Crippen molar-refractivity contribution in [2.45, 2.75) is 24.9 Å². The third kappa shape index (κ3) is 33.3. The van der Waals surface area contributed by atoms with Gasteiger partial charge in [-0.3, -0.25) is 0 Å². The number of carboxylic acid groups (broad SMARTS) is 4. The van der Waals surface area contributed by atoms with Crippen LogP contribution in [0.15, 0.2) is 0 Å². The van der Waals surface area contributed by atoms with Gasteiger partial charge >= 0.3 is 23.1 Å². The fraction of sp³-hybridized carbons (Fsp3) is 0.500. The summed E-state index contributed by atoms with van der Waals surface area (Å²) in [7, 11) is 0. The SMILES string of the molecule is N[C@@H](CC(=O)[O-])C(=O)[O-].N[C@@H](CC(=O)[O-])C(=O)[O-].O.O.O.O.[Mg+2]. The number of carbonyl (C=O) groups excluding carboxylic acids is 4. The minimum absolute atomic E-state index is 0. The van der Waals surface area contributed by atoms with Gasteiger partial charge in [0.1, 0.15) is 0 Å². The van der Waals surface area contributed by atoms with Crippen molar-refractivity contribution in [1.29, 1.82) is 0 Å². The van der Waals surface area contributed by atoms with Crippen molar-refractivity contribution in [3.8, 4) is 0 Å². The van der Waals surface area contributed by atoms with Gasteiger partial charge in [-0.25, -0.2) is 0 Å². The molecular weight excluding hydrogens is 340 g/mol. The summed E-state index contributed by atoms with van der Waals surface area (Å²) >= 11 is 0. The number of hydrogen-bond donors (Lipinski definition) is 2. The van der Waals surface area contributed by atoms with Crippen LogP contribution in [0.25, 0.3) is 0 Å². The van der Waals surface area contributed by atoms with Crippen LogP contribution in [0.2, 0.25) is 0 Å². The number of nitrogens with two attached hydrogens (primary N) is 2. The first-order chi connectivity index (χ1) is 8.07. The Labute approximate surface area is 145 Å². The van der Waals surface area contributed by atoms with Crippen LogP contribution in [0, 0.1) is 0 Å². The molecule has 0 spiro atoms. The average Bonchev–Trinajstić information content (AvgIpc) is 2.16. The van der Waals surface area contributed by atoms with Crippen molar-refractivity contribution in [1.82, 2.24) is 0 Å². The van der Waals surface area contributed by atoms with Gasteiger partial charge in [-0.15, -0.1) is 0 Å². The Bertz CT molecular complexity index is 307. The third-order valence-electron chi connectivity index (χ3n) is 1.38. The van der Waals surface area contributed by atoms with Crippen LogP contribution < -0.4 is 31.9 Å². The average molecular weight is 359 g/mol. The van der Waals surface area contributed by atoms with Gasteiger partial charge < -0.3 is 73.0 Å². The summed E-state index contributed by atoms with van der Waals surface area (Å²) in [6.07, 6.45) is -1.41. The summed E-state index contributed by atoms with van der Waals surface area (Å²) in [5.41, 5.74) is 9.47. The smallest absolute Gasteiger partial charge is 0.550 e. The summed E-state index contributed by atoms with van der Waals surface area (Å²) in [5, 5.41) is 38.7. The molecule has 0 aliphatic rings. The second kappa shape index (κ2) is 22.7. The van der Waals surface area contributed by atoms with E-state index in [1.54, 1.807) is 0 Å². The molecule has 0 fully saturated rings. The second-order valence-corrected chi connectivity index (χ2v) is 3.00. The number of aliphatic carboxylic acids is 4. The Hall–Kier alpha value is -1.59. The minimum Gasteiger partial charge on any atom is -0.550 e. The van der Waals surface area contributed by atoms with E-state index in [-0.39, 0.29) is 45.0 Å². The molecule has 15 heteroatoms. The predicted molar refractivity (Wildman–Crippen MR) is 65.4 cm³/mol. The standard InChI is InChI=1S/2C4H7NO4.Mg.4H2O/c2*5-2(4(8)9)1-3(6)7;;;;;/h2*2H,1,5H2,(H,6,7)(H,8,9);;4*1H2/q;;+2;;;;/p-4/t2*2-;;;;;/m00...../s1. The van der Waals surface area contributed by atoms with Crippen molar-refractivity contribution < 1.29 is 61.5 Å². The van der Waals surface area contributed by atoms with Crippen molar-refractivity contribution in [3.63, 3.8) is 0 Å². The number of hydrogen-bond acceptors (Lipinski definition) is 10. The van der Waals surface area contributed by atoms with E-state index in [0.29, 0.717) is 0 Å². The molecule has 0 amide bonds.